The van der Waals surface area contributed by atoms with Crippen molar-refractivity contribution < 1.29 is 5.11 Å². The summed E-state index contributed by atoms with van der Waals surface area (Å²) in [6, 6.07) is 8.75. The maximum Gasteiger partial charge on any atom is 0.0612 e. The molecule has 0 radical (unpaired) electrons. The van der Waals surface area contributed by atoms with Gasteiger partial charge >= 0.3 is 0 Å². The van der Waals surface area contributed by atoms with Crippen LogP contribution in [-0.4, -0.2) is 11.7 Å². The lowest BCUT2D eigenvalue weighted by Crippen LogP contribution is -2.04. The quantitative estimate of drug-likeness (QED) is 0.778. The molecule has 98 valence electrons. The van der Waals surface area contributed by atoms with Crippen LogP contribution >= 0.6 is 0 Å². The van der Waals surface area contributed by atoms with Gasteiger partial charge in [-0.05, 0) is 44.2 Å². The molecule has 0 fully saturated rings. The van der Waals surface area contributed by atoms with E-state index in [1.165, 1.54) is 11.1 Å². The third-order valence-electron chi connectivity index (χ3n) is 3.27. The minimum Gasteiger partial charge on any atom is -0.392 e. The zero-order chi connectivity index (χ0) is 13.4. The third-order valence-corrected chi connectivity index (χ3v) is 3.27. The van der Waals surface area contributed by atoms with Crippen molar-refractivity contribution in [3.63, 3.8) is 0 Å². The molecule has 0 atom stereocenters. The summed E-state index contributed by atoms with van der Waals surface area (Å²) < 4.78 is 0. The average Bonchev–Trinajstić information content (AvgIpc) is 2.38. The predicted molar refractivity (Wildman–Crippen MR) is 78.7 cm³/mol. The normalized spacial score (nSPS) is 14.2. The summed E-state index contributed by atoms with van der Waals surface area (Å²) in [4.78, 5) is 0. The molecule has 0 aliphatic heterocycles. The van der Waals surface area contributed by atoms with E-state index in [0.29, 0.717) is 0 Å². The van der Waals surface area contributed by atoms with Gasteiger partial charge in [-0.2, -0.15) is 0 Å². The summed E-state index contributed by atoms with van der Waals surface area (Å²) in [5, 5.41) is 8.11. The van der Waals surface area contributed by atoms with Crippen LogP contribution in [0.5, 0.6) is 0 Å². The first-order chi connectivity index (χ1) is 8.69. The third kappa shape index (κ3) is 4.50. The number of hydrogen-bond donors (Lipinski definition) is 1. The van der Waals surface area contributed by atoms with Crippen LogP contribution < -0.4 is 0 Å². The molecule has 0 saturated heterocycles. The van der Waals surface area contributed by atoms with Crippen LogP contribution in [0.2, 0.25) is 0 Å². The number of allylic oxidation sites excluding steroid dienone is 3. The lowest BCUT2D eigenvalue weighted by molar-refractivity contribution is 0.342. The van der Waals surface area contributed by atoms with E-state index in [-0.39, 0.29) is 6.61 Å². The van der Waals surface area contributed by atoms with Crippen LogP contribution in [0.15, 0.2) is 47.6 Å². The van der Waals surface area contributed by atoms with Crippen LogP contribution in [0.25, 0.3) is 0 Å². The average molecular weight is 244 g/mol. The first-order valence-corrected chi connectivity index (χ1v) is 6.66. The molecule has 1 nitrogen and oxygen atoms in total. The van der Waals surface area contributed by atoms with Gasteiger partial charge in [0.2, 0.25) is 0 Å². The molecular weight excluding hydrogens is 220 g/mol. The number of rotatable bonds is 2. The molecule has 1 heteroatoms. The zero-order valence-corrected chi connectivity index (χ0v) is 11.7. The van der Waals surface area contributed by atoms with Gasteiger partial charge in [0.1, 0.15) is 0 Å². The fraction of sp³-hybridized carbons (Fsp3) is 0.412. The fourth-order valence-corrected chi connectivity index (χ4v) is 2.02. The molecule has 0 spiro atoms. The fourth-order valence-electron chi connectivity index (χ4n) is 2.02. The standard InChI is InChI=1S/C12H14.C5H10O/c1-9-7-11-5-3-4-6-12(11)8-10(9)2;1-2-3-4-5-6/h3-6H,7-8H2,1-2H3;3-4,6H,2,5H2,1H3/b;4-3+. The minimum atomic E-state index is 0.174. The van der Waals surface area contributed by atoms with Gasteiger partial charge in [0, 0.05) is 0 Å². The number of aliphatic hydroxyl groups is 1. The van der Waals surface area contributed by atoms with Crippen LogP contribution in [0.4, 0.5) is 0 Å². The maximum atomic E-state index is 8.11. The summed E-state index contributed by atoms with van der Waals surface area (Å²) in [6.45, 7) is 6.69. The molecular formula is C17H24O. The summed E-state index contributed by atoms with van der Waals surface area (Å²) in [5.74, 6) is 0. The molecule has 1 aliphatic rings. The molecule has 2 rings (SSSR count). The molecule has 0 bridgehead atoms. The Labute approximate surface area is 111 Å². The SMILES string of the molecule is CC/C=C/CO.CC1=C(C)Cc2ccccc2C1. The molecule has 1 N–H and O–H groups in total. The summed E-state index contributed by atoms with van der Waals surface area (Å²) in [7, 11) is 0. The molecule has 0 saturated carbocycles. The smallest absolute Gasteiger partial charge is 0.0612 e. The monoisotopic (exact) mass is 244 g/mol. The van der Waals surface area contributed by atoms with Crippen LogP contribution in [0.1, 0.15) is 38.3 Å². The van der Waals surface area contributed by atoms with Gasteiger partial charge in [-0.3, -0.25) is 0 Å². The van der Waals surface area contributed by atoms with E-state index in [2.05, 4.69) is 38.1 Å². The lowest BCUT2D eigenvalue weighted by atomic mass is 9.88. The Morgan fingerprint density at radius 1 is 1.00 bits per heavy atom. The predicted octanol–water partition coefficient (Wildman–Crippen LogP) is 4.07. The number of hydrogen-bond acceptors (Lipinski definition) is 1. The van der Waals surface area contributed by atoms with Crippen molar-refractivity contribution in [1.82, 2.24) is 0 Å². The zero-order valence-electron chi connectivity index (χ0n) is 11.7. The molecule has 0 unspecified atom stereocenters. The summed E-state index contributed by atoms with van der Waals surface area (Å²) >= 11 is 0. The molecule has 1 aromatic rings. The largest absolute Gasteiger partial charge is 0.392 e. The van der Waals surface area contributed by atoms with E-state index in [0.717, 1.165) is 19.3 Å². The Morgan fingerprint density at radius 2 is 1.50 bits per heavy atom. The summed E-state index contributed by atoms with van der Waals surface area (Å²) in [5.41, 5.74) is 6.13. The summed E-state index contributed by atoms with van der Waals surface area (Å²) in [6.07, 6.45) is 6.99. The van der Waals surface area contributed by atoms with Crippen LogP contribution in [0.3, 0.4) is 0 Å². The highest BCUT2D eigenvalue weighted by Crippen LogP contribution is 2.24. The minimum absolute atomic E-state index is 0.174. The molecule has 18 heavy (non-hydrogen) atoms. The molecule has 0 aromatic heterocycles. The van der Waals surface area contributed by atoms with Gasteiger partial charge in [0.15, 0.2) is 0 Å². The molecule has 1 aliphatic carbocycles. The van der Waals surface area contributed by atoms with Crippen molar-refractivity contribution in [2.45, 2.75) is 40.0 Å². The molecule has 0 heterocycles. The molecule has 1 aromatic carbocycles. The number of benzene rings is 1. The van der Waals surface area contributed by atoms with Gasteiger partial charge in [-0.25, -0.2) is 0 Å². The highest BCUT2D eigenvalue weighted by atomic mass is 16.2. The Balaban J connectivity index is 0.000000232. The highest BCUT2D eigenvalue weighted by molar-refractivity contribution is 5.39. The second kappa shape index (κ2) is 7.88. The van der Waals surface area contributed by atoms with Crippen molar-refractivity contribution in [2.75, 3.05) is 6.61 Å². The van der Waals surface area contributed by atoms with Gasteiger partial charge in [-0.1, -0.05) is 54.5 Å². The lowest BCUT2D eigenvalue weighted by Gasteiger charge is -2.18. The van der Waals surface area contributed by atoms with Crippen LogP contribution in [0, 0.1) is 0 Å². The van der Waals surface area contributed by atoms with Crippen molar-refractivity contribution >= 4 is 0 Å². The van der Waals surface area contributed by atoms with E-state index < -0.39 is 0 Å². The topological polar surface area (TPSA) is 20.2 Å². The van der Waals surface area contributed by atoms with Crippen molar-refractivity contribution in [3.05, 3.63) is 58.7 Å². The van der Waals surface area contributed by atoms with Crippen molar-refractivity contribution in [2.24, 2.45) is 0 Å². The van der Waals surface area contributed by atoms with Gasteiger partial charge < -0.3 is 5.11 Å². The first kappa shape index (κ1) is 14.7. The van der Waals surface area contributed by atoms with E-state index >= 15 is 0 Å². The van der Waals surface area contributed by atoms with Gasteiger partial charge in [0.05, 0.1) is 6.61 Å². The van der Waals surface area contributed by atoms with E-state index in [9.17, 15) is 0 Å². The Hall–Kier alpha value is -1.34. The van der Waals surface area contributed by atoms with Gasteiger partial charge in [-0.15, -0.1) is 0 Å². The van der Waals surface area contributed by atoms with E-state index in [1.54, 1.807) is 17.2 Å². The maximum absolute atomic E-state index is 8.11. The Kier molecular flexibility index (Phi) is 6.45. The van der Waals surface area contributed by atoms with E-state index in [1.807, 2.05) is 13.0 Å². The highest BCUT2D eigenvalue weighted by Gasteiger charge is 2.10. The van der Waals surface area contributed by atoms with Crippen LogP contribution in [-0.2, 0) is 12.8 Å². The van der Waals surface area contributed by atoms with Crippen molar-refractivity contribution in [1.29, 1.82) is 0 Å². The number of aliphatic hydroxyl groups excluding tert-OH is 1. The molecule has 0 amide bonds. The first-order valence-electron chi connectivity index (χ1n) is 6.66. The second-order valence-corrected chi connectivity index (χ2v) is 4.75. The Bertz CT molecular complexity index is 388. The van der Waals surface area contributed by atoms with Crippen molar-refractivity contribution in [3.8, 4) is 0 Å². The van der Waals surface area contributed by atoms with E-state index in [4.69, 9.17) is 5.11 Å². The Morgan fingerprint density at radius 3 is 1.83 bits per heavy atom. The second-order valence-electron chi connectivity index (χ2n) is 4.75. The number of fused-ring (bicyclic) bond motifs is 1. The van der Waals surface area contributed by atoms with Gasteiger partial charge in [0.25, 0.3) is 0 Å².